The van der Waals surface area contributed by atoms with Crippen LogP contribution in [0.5, 0.6) is 0 Å². The number of fused-ring (bicyclic) bond motifs is 8. The van der Waals surface area contributed by atoms with Gasteiger partial charge in [0.25, 0.3) is 0 Å². The lowest BCUT2D eigenvalue weighted by Gasteiger charge is -2.23. The molecule has 9 rings (SSSR count). The second-order valence-corrected chi connectivity index (χ2v) is 11.5. The van der Waals surface area contributed by atoms with Gasteiger partial charge in [0, 0.05) is 11.3 Å². The van der Waals surface area contributed by atoms with Crippen LogP contribution in [0.3, 0.4) is 0 Å². The zero-order valence-corrected chi connectivity index (χ0v) is 22.9. The van der Waals surface area contributed by atoms with E-state index in [1.165, 1.54) is 66.1 Å². The minimum atomic E-state index is -1.16. The molecule has 3 heteroatoms. The summed E-state index contributed by atoms with van der Waals surface area (Å²) < 4.78 is 0. The molecule has 0 unspecified atom stereocenters. The Kier molecular flexibility index (Phi) is 4.57. The summed E-state index contributed by atoms with van der Waals surface area (Å²) in [4.78, 5) is 0. The van der Waals surface area contributed by atoms with Crippen LogP contribution >= 0.6 is 0 Å². The molecule has 0 aliphatic heterocycles. The summed E-state index contributed by atoms with van der Waals surface area (Å²) in [5, 5.41) is 4.88. The highest BCUT2D eigenvalue weighted by Crippen LogP contribution is 2.60. The summed E-state index contributed by atoms with van der Waals surface area (Å²) in [5.41, 5.74) is 33.5. The van der Waals surface area contributed by atoms with E-state index in [1.807, 2.05) is 12.1 Å². The lowest BCUT2D eigenvalue weighted by Crippen LogP contribution is -2.45. The molecule has 0 fully saturated rings. The van der Waals surface area contributed by atoms with Crippen molar-refractivity contribution in [2.24, 2.45) is 11.5 Å². The van der Waals surface area contributed by atoms with Gasteiger partial charge in [0.05, 0.1) is 0 Å². The topological polar surface area (TPSA) is 78.1 Å². The fraction of sp³-hybridized carbons (Fsp3) is 0.0256. The largest absolute Gasteiger partial charge is 0.399 e. The molecule has 198 valence electrons. The van der Waals surface area contributed by atoms with Crippen LogP contribution < -0.4 is 17.2 Å². The number of hydrogen-bond acceptors (Lipinski definition) is 3. The SMILES string of the molecule is Nc1ccc2c(c1)C(N)(N)c1cc3c4c(cccc4c1-2)-c1c-3c(-c2ccccc2)c2ccccc2c1-c1ccccc1. The van der Waals surface area contributed by atoms with Gasteiger partial charge in [-0.1, -0.05) is 109 Å². The van der Waals surface area contributed by atoms with Crippen molar-refractivity contribution in [3.63, 3.8) is 0 Å². The van der Waals surface area contributed by atoms with E-state index < -0.39 is 5.66 Å². The van der Waals surface area contributed by atoms with Crippen LogP contribution in [0.15, 0.2) is 127 Å². The molecule has 6 N–H and O–H groups in total. The third-order valence-corrected chi connectivity index (χ3v) is 9.24. The summed E-state index contributed by atoms with van der Waals surface area (Å²) in [7, 11) is 0. The van der Waals surface area contributed by atoms with Crippen molar-refractivity contribution in [3.8, 4) is 55.6 Å². The van der Waals surface area contributed by atoms with Crippen molar-refractivity contribution in [2.75, 3.05) is 5.73 Å². The maximum atomic E-state index is 7.00. The van der Waals surface area contributed by atoms with Crippen LogP contribution in [0.25, 0.3) is 77.2 Å². The predicted molar refractivity (Wildman–Crippen MR) is 176 cm³/mol. The lowest BCUT2D eigenvalue weighted by molar-refractivity contribution is 0.585. The molecule has 0 spiro atoms. The third kappa shape index (κ3) is 2.91. The number of nitrogen functional groups attached to an aromatic ring is 1. The van der Waals surface area contributed by atoms with Crippen LogP contribution in [-0.4, -0.2) is 0 Å². The minimum absolute atomic E-state index is 0.662. The summed E-state index contributed by atoms with van der Waals surface area (Å²) in [6, 6.07) is 45.2. The lowest BCUT2D eigenvalue weighted by atomic mass is 9.82. The highest BCUT2D eigenvalue weighted by molar-refractivity contribution is 6.29. The Morgan fingerprint density at radius 1 is 0.405 bits per heavy atom. The molecular formula is C39H27N3. The van der Waals surface area contributed by atoms with Crippen molar-refractivity contribution in [2.45, 2.75) is 5.66 Å². The van der Waals surface area contributed by atoms with Crippen LogP contribution in [0.4, 0.5) is 5.69 Å². The minimum Gasteiger partial charge on any atom is -0.399 e. The Morgan fingerprint density at radius 3 is 1.62 bits per heavy atom. The quantitative estimate of drug-likeness (QED) is 0.152. The average molecular weight is 538 g/mol. The molecular weight excluding hydrogens is 510 g/mol. The smallest absolute Gasteiger partial charge is 0.118 e. The van der Waals surface area contributed by atoms with Crippen LogP contribution in [0.1, 0.15) is 11.1 Å². The third-order valence-electron chi connectivity index (χ3n) is 9.24. The molecule has 0 bridgehead atoms. The van der Waals surface area contributed by atoms with E-state index in [0.29, 0.717) is 5.69 Å². The van der Waals surface area contributed by atoms with E-state index in [4.69, 9.17) is 17.2 Å². The molecule has 2 aliphatic rings. The zero-order valence-electron chi connectivity index (χ0n) is 22.9. The van der Waals surface area contributed by atoms with Gasteiger partial charge in [-0.05, 0) is 101 Å². The van der Waals surface area contributed by atoms with Gasteiger partial charge in [0.15, 0.2) is 0 Å². The van der Waals surface area contributed by atoms with Crippen molar-refractivity contribution >= 4 is 27.2 Å². The second kappa shape index (κ2) is 8.17. The molecule has 0 atom stereocenters. The first-order valence-electron chi connectivity index (χ1n) is 14.3. The summed E-state index contributed by atoms with van der Waals surface area (Å²) in [6.07, 6.45) is 0. The Bertz CT molecular complexity index is 2260. The molecule has 0 heterocycles. The molecule has 0 aromatic heterocycles. The number of nitrogens with two attached hydrogens (primary N) is 3. The Labute approximate surface area is 243 Å². The Morgan fingerprint density at radius 2 is 0.976 bits per heavy atom. The molecule has 42 heavy (non-hydrogen) atoms. The van der Waals surface area contributed by atoms with E-state index in [2.05, 4.69) is 115 Å². The van der Waals surface area contributed by atoms with Crippen molar-refractivity contribution in [3.05, 3.63) is 139 Å². The van der Waals surface area contributed by atoms with Crippen molar-refractivity contribution in [1.29, 1.82) is 0 Å². The van der Waals surface area contributed by atoms with Crippen molar-refractivity contribution < 1.29 is 0 Å². The zero-order chi connectivity index (χ0) is 28.2. The van der Waals surface area contributed by atoms with E-state index in [0.717, 1.165) is 22.3 Å². The number of anilines is 1. The standard InChI is InChI=1S/C39H27N3/c40-24-18-19-27-31(20-24)39(41,42)32-21-30-35-28(36(27)32)16-9-17-29(35)37-33(22-10-3-1-4-11-22)25-14-7-8-15-26(25)34(38(30)37)23-12-5-2-6-13-23/h1-21H,40-42H2. The first-order chi connectivity index (χ1) is 20.5. The molecule has 7 aromatic carbocycles. The summed E-state index contributed by atoms with van der Waals surface area (Å²) in [5.74, 6) is 0. The molecule has 7 aromatic rings. The van der Waals surface area contributed by atoms with Gasteiger partial charge in [-0.25, -0.2) is 0 Å². The number of benzene rings is 7. The molecule has 0 radical (unpaired) electrons. The van der Waals surface area contributed by atoms with Crippen LogP contribution in [0.2, 0.25) is 0 Å². The van der Waals surface area contributed by atoms with Gasteiger partial charge in [0.2, 0.25) is 0 Å². The van der Waals surface area contributed by atoms with Gasteiger partial charge >= 0.3 is 0 Å². The van der Waals surface area contributed by atoms with E-state index >= 15 is 0 Å². The van der Waals surface area contributed by atoms with E-state index in [-0.39, 0.29) is 0 Å². The second-order valence-electron chi connectivity index (χ2n) is 11.5. The fourth-order valence-electron chi connectivity index (χ4n) is 7.56. The monoisotopic (exact) mass is 537 g/mol. The molecule has 0 amide bonds. The molecule has 0 saturated heterocycles. The Hall–Kier alpha value is -5.22. The summed E-state index contributed by atoms with van der Waals surface area (Å²) >= 11 is 0. The molecule has 3 nitrogen and oxygen atoms in total. The van der Waals surface area contributed by atoms with Crippen molar-refractivity contribution in [1.82, 2.24) is 0 Å². The maximum absolute atomic E-state index is 7.00. The first-order valence-corrected chi connectivity index (χ1v) is 14.3. The number of hydrogen-bond donors (Lipinski definition) is 3. The summed E-state index contributed by atoms with van der Waals surface area (Å²) in [6.45, 7) is 0. The molecule has 2 aliphatic carbocycles. The Balaban J connectivity index is 1.52. The van der Waals surface area contributed by atoms with Crippen LogP contribution in [0, 0.1) is 0 Å². The van der Waals surface area contributed by atoms with Gasteiger partial charge in [-0.3, -0.25) is 0 Å². The normalized spacial score (nSPS) is 13.8. The molecule has 0 saturated carbocycles. The van der Waals surface area contributed by atoms with Gasteiger partial charge < -0.3 is 17.2 Å². The van der Waals surface area contributed by atoms with Crippen LogP contribution in [-0.2, 0) is 5.66 Å². The van der Waals surface area contributed by atoms with Gasteiger partial charge in [-0.2, -0.15) is 0 Å². The van der Waals surface area contributed by atoms with E-state index in [9.17, 15) is 0 Å². The first kappa shape index (κ1) is 23.5. The average Bonchev–Trinajstić information content (AvgIpc) is 3.46. The number of rotatable bonds is 2. The highest BCUT2D eigenvalue weighted by atomic mass is 15.0. The predicted octanol–water partition coefficient (Wildman–Crippen LogP) is 8.66. The van der Waals surface area contributed by atoms with E-state index in [1.54, 1.807) is 0 Å². The van der Waals surface area contributed by atoms with Gasteiger partial charge in [0.1, 0.15) is 5.66 Å². The fourth-order valence-corrected chi connectivity index (χ4v) is 7.56. The van der Waals surface area contributed by atoms with Gasteiger partial charge in [-0.15, -0.1) is 0 Å². The highest BCUT2D eigenvalue weighted by Gasteiger charge is 2.41. The maximum Gasteiger partial charge on any atom is 0.118 e.